The fraction of sp³-hybridized carbons (Fsp3) is 0.364. The second-order valence-corrected chi connectivity index (χ2v) is 4.82. The second kappa shape index (κ2) is 4.68. The first-order valence-electron chi connectivity index (χ1n) is 4.97. The van der Waals surface area contributed by atoms with Crippen LogP contribution in [-0.2, 0) is 4.79 Å². The molecule has 0 bridgehead atoms. The third kappa shape index (κ3) is 2.52. The van der Waals surface area contributed by atoms with Gasteiger partial charge in [-0.15, -0.1) is 11.8 Å². The Morgan fingerprint density at radius 2 is 2.07 bits per heavy atom. The summed E-state index contributed by atoms with van der Waals surface area (Å²) in [7, 11) is 0. The van der Waals surface area contributed by atoms with Crippen molar-refractivity contribution in [3.05, 3.63) is 35.9 Å². The molecule has 4 heteroatoms. The minimum Gasteiger partial charge on any atom is -0.353 e. The molecule has 1 aliphatic heterocycles. The van der Waals surface area contributed by atoms with Crippen molar-refractivity contribution in [1.82, 2.24) is 5.32 Å². The third-order valence-corrected chi connectivity index (χ3v) is 3.84. The topological polar surface area (TPSA) is 55.1 Å². The van der Waals surface area contributed by atoms with Gasteiger partial charge in [-0.25, -0.2) is 0 Å². The summed E-state index contributed by atoms with van der Waals surface area (Å²) in [5.41, 5.74) is 6.93. The summed E-state index contributed by atoms with van der Waals surface area (Å²) >= 11 is 1.74. The third-order valence-electron chi connectivity index (χ3n) is 2.45. The van der Waals surface area contributed by atoms with E-state index in [0.29, 0.717) is 17.5 Å². The van der Waals surface area contributed by atoms with Gasteiger partial charge in [0.05, 0.1) is 6.04 Å². The summed E-state index contributed by atoms with van der Waals surface area (Å²) in [5, 5.41) is 3.18. The van der Waals surface area contributed by atoms with E-state index >= 15 is 0 Å². The highest BCUT2D eigenvalue weighted by atomic mass is 32.2. The van der Waals surface area contributed by atoms with Crippen LogP contribution in [0.3, 0.4) is 0 Å². The molecule has 1 amide bonds. The smallest absolute Gasteiger partial charge is 0.237 e. The van der Waals surface area contributed by atoms with Gasteiger partial charge in [-0.1, -0.05) is 30.3 Å². The summed E-state index contributed by atoms with van der Waals surface area (Å²) in [4.78, 5) is 11.3. The molecule has 80 valence electrons. The molecular weight excluding hydrogens is 208 g/mol. The van der Waals surface area contributed by atoms with Crippen LogP contribution >= 0.6 is 11.8 Å². The molecule has 1 fully saturated rings. The maximum atomic E-state index is 11.3. The first-order valence-corrected chi connectivity index (χ1v) is 6.02. The van der Waals surface area contributed by atoms with Crippen molar-refractivity contribution in [2.75, 3.05) is 12.3 Å². The van der Waals surface area contributed by atoms with E-state index in [1.807, 2.05) is 18.2 Å². The minimum atomic E-state index is -0.372. The van der Waals surface area contributed by atoms with Crippen LogP contribution in [0.5, 0.6) is 0 Å². The molecule has 1 aromatic rings. The van der Waals surface area contributed by atoms with E-state index in [4.69, 9.17) is 5.73 Å². The highest BCUT2D eigenvalue weighted by Gasteiger charge is 2.23. The number of carbonyl (C=O) groups is 1. The zero-order valence-electron chi connectivity index (χ0n) is 8.35. The molecule has 2 rings (SSSR count). The number of nitrogens with two attached hydrogens (primary N) is 1. The molecule has 3 N–H and O–H groups in total. The zero-order valence-corrected chi connectivity index (χ0v) is 9.17. The number of carbonyl (C=O) groups excluding carboxylic acids is 1. The van der Waals surface area contributed by atoms with Crippen LogP contribution in [-0.4, -0.2) is 24.2 Å². The van der Waals surface area contributed by atoms with E-state index < -0.39 is 0 Å². The molecule has 1 heterocycles. The Balaban J connectivity index is 2.09. The number of amides is 1. The van der Waals surface area contributed by atoms with E-state index in [1.54, 1.807) is 11.8 Å². The van der Waals surface area contributed by atoms with E-state index in [2.05, 4.69) is 17.4 Å². The van der Waals surface area contributed by atoms with Crippen LogP contribution in [0.1, 0.15) is 10.8 Å². The van der Waals surface area contributed by atoms with Gasteiger partial charge in [0.25, 0.3) is 0 Å². The fourth-order valence-corrected chi connectivity index (χ4v) is 2.70. The van der Waals surface area contributed by atoms with Crippen LogP contribution in [0, 0.1) is 0 Å². The Hall–Kier alpha value is -1.00. The lowest BCUT2D eigenvalue weighted by molar-refractivity contribution is -0.121. The van der Waals surface area contributed by atoms with Gasteiger partial charge in [0.1, 0.15) is 0 Å². The Labute approximate surface area is 93.4 Å². The SMILES string of the molecule is N[C@H]1CS[C@H](c2ccccc2)CNC1=O. The Morgan fingerprint density at radius 3 is 2.80 bits per heavy atom. The average Bonchev–Trinajstić information content (AvgIpc) is 2.44. The average molecular weight is 222 g/mol. The maximum Gasteiger partial charge on any atom is 0.237 e. The molecule has 1 saturated heterocycles. The van der Waals surface area contributed by atoms with Crippen LogP contribution in [0.4, 0.5) is 0 Å². The van der Waals surface area contributed by atoms with Crippen molar-refractivity contribution in [3.63, 3.8) is 0 Å². The zero-order chi connectivity index (χ0) is 10.7. The van der Waals surface area contributed by atoms with Gasteiger partial charge in [-0.3, -0.25) is 4.79 Å². The molecule has 0 radical (unpaired) electrons. The van der Waals surface area contributed by atoms with Gasteiger partial charge < -0.3 is 11.1 Å². The highest BCUT2D eigenvalue weighted by molar-refractivity contribution is 7.99. The molecule has 0 aliphatic carbocycles. The fourth-order valence-electron chi connectivity index (χ4n) is 1.56. The van der Waals surface area contributed by atoms with Crippen molar-refractivity contribution in [2.24, 2.45) is 5.73 Å². The molecule has 0 aromatic heterocycles. The predicted molar refractivity (Wildman–Crippen MR) is 62.6 cm³/mol. The van der Waals surface area contributed by atoms with Gasteiger partial charge in [-0.2, -0.15) is 0 Å². The van der Waals surface area contributed by atoms with Gasteiger partial charge in [0, 0.05) is 17.5 Å². The molecule has 1 aromatic carbocycles. The summed E-state index contributed by atoms with van der Waals surface area (Å²) < 4.78 is 0. The summed E-state index contributed by atoms with van der Waals surface area (Å²) in [5.74, 6) is 0.645. The second-order valence-electron chi connectivity index (χ2n) is 3.58. The van der Waals surface area contributed by atoms with Gasteiger partial charge in [-0.05, 0) is 5.56 Å². The lowest BCUT2D eigenvalue weighted by atomic mass is 10.1. The molecule has 0 saturated carbocycles. The van der Waals surface area contributed by atoms with E-state index in [9.17, 15) is 4.79 Å². The Morgan fingerprint density at radius 1 is 1.33 bits per heavy atom. The lowest BCUT2D eigenvalue weighted by Crippen LogP contribution is -2.40. The monoisotopic (exact) mass is 222 g/mol. The Kier molecular flexibility index (Phi) is 3.28. The van der Waals surface area contributed by atoms with Crippen molar-refractivity contribution >= 4 is 17.7 Å². The number of rotatable bonds is 1. The van der Waals surface area contributed by atoms with E-state index in [-0.39, 0.29) is 11.9 Å². The largest absolute Gasteiger partial charge is 0.353 e. The van der Waals surface area contributed by atoms with Crippen molar-refractivity contribution in [3.8, 4) is 0 Å². The highest BCUT2D eigenvalue weighted by Crippen LogP contribution is 2.29. The number of nitrogens with one attached hydrogen (secondary N) is 1. The van der Waals surface area contributed by atoms with Gasteiger partial charge in [0.2, 0.25) is 5.91 Å². The standard InChI is InChI=1S/C11H14N2OS/c12-9-7-15-10(6-13-11(9)14)8-4-2-1-3-5-8/h1-5,9-10H,6-7,12H2,(H,13,14)/t9-,10-/m0/s1. The molecule has 15 heavy (non-hydrogen) atoms. The van der Waals surface area contributed by atoms with Crippen LogP contribution in [0.25, 0.3) is 0 Å². The molecule has 3 nitrogen and oxygen atoms in total. The van der Waals surface area contributed by atoms with E-state index in [1.165, 1.54) is 5.56 Å². The van der Waals surface area contributed by atoms with E-state index in [0.717, 1.165) is 0 Å². The number of benzene rings is 1. The molecule has 0 spiro atoms. The van der Waals surface area contributed by atoms with Crippen LogP contribution < -0.4 is 11.1 Å². The quantitative estimate of drug-likeness (QED) is 0.743. The minimum absolute atomic E-state index is 0.0408. The Bertz CT molecular complexity index is 342. The first-order chi connectivity index (χ1) is 7.27. The summed E-state index contributed by atoms with van der Waals surface area (Å²) in [6.07, 6.45) is 0. The lowest BCUT2D eigenvalue weighted by Gasteiger charge is -2.13. The first kappa shape index (κ1) is 10.5. The normalized spacial score (nSPS) is 26.9. The van der Waals surface area contributed by atoms with Crippen LogP contribution in [0.15, 0.2) is 30.3 Å². The molecule has 1 aliphatic rings. The van der Waals surface area contributed by atoms with Crippen molar-refractivity contribution in [1.29, 1.82) is 0 Å². The number of thioether (sulfide) groups is 1. The maximum absolute atomic E-state index is 11.3. The van der Waals surface area contributed by atoms with Crippen molar-refractivity contribution < 1.29 is 4.79 Å². The van der Waals surface area contributed by atoms with Gasteiger partial charge in [0.15, 0.2) is 0 Å². The van der Waals surface area contributed by atoms with Crippen LogP contribution in [0.2, 0.25) is 0 Å². The molecule has 2 atom stereocenters. The van der Waals surface area contributed by atoms with Gasteiger partial charge >= 0.3 is 0 Å². The molecular formula is C11H14N2OS. The summed E-state index contributed by atoms with van der Waals surface area (Å²) in [6.45, 7) is 0.668. The number of hydrogen-bond donors (Lipinski definition) is 2. The predicted octanol–water partition coefficient (Wildman–Crippen LogP) is 0.918. The summed E-state index contributed by atoms with van der Waals surface area (Å²) in [6, 6.07) is 9.82. The molecule has 0 unspecified atom stereocenters. The number of hydrogen-bond acceptors (Lipinski definition) is 3. The van der Waals surface area contributed by atoms with Crippen molar-refractivity contribution in [2.45, 2.75) is 11.3 Å².